The van der Waals surface area contributed by atoms with Crippen molar-refractivity contribution in [1.82, 2.24) is 9.80 Å². The highest BCUT2D eigenvalue weighted by atomic mass is 32.2. The van der Waals surface area contributed by atoms with Gasteiger partial charge in [0.25, 0.3) is 11.8 Å². The number of aliphatic carboxylic acids is 1. The van der Waals surface area contributed by atoms with Crippen LogP contribution in [-0.4, -0.2) is 50.5 Å². The summed E-state index contributed by atoms with van der Waals surface area (Å²) >= 11 is 1.32. The molecule has 24 heavy (non-hydrogen) atoms. The predicted octanol–water partition coefficient (Wildman–Crippen LogP) is 1.27. The molecule has 1 N–H and O–H groups in total. The minimum Gasteiger partial charge on any atom is -0.477 e. The van der Waals surface area contributed by atoms with Gasteiger partial charge in [0.1, 0.15) is 5.70 Å². The molecule has 3 aliphatic heterocycles. The second kappa shape index (κ2) is 5.20. The van der Waals surface area contributed by atoms with Crippen LogP contribution in [0, 0.1) is 0 Å². The van der Waals surface area contributed by atoms with E-state index in [2.05, 4.69) is 0 Å². The number of carboxylic acid groups (broad SMARTS) is 1. The summed E-state index contributed by atoms with van der Waals surface area (Å²) in [5.41, 5.74) is 0.721. The highest BCUT2D eigenvalue weighted by Crippen LogP contribution is 2.47. The first-order chi connectivity index (χ1) is 11.5. The van der Waals surface area contributed by atoms with Gasteiger partial charge in [-0.15, -0.1) is 11.8 Å². The summed E-state index contributed by atoms with van der Waals surface area (Å²) in [5.74, 6) is -2.10. The van der Waals surface area contributed by atoms with Crippen LogP contribution in [-0.2, 0) is 9.59 Å². The van der Waals surface area contributed by atoms with Crippen LogP contribution in [0.4, 0.5) is 0 Å². The first-order valence-electron chi connectivity index (χ1n) is 7.39. The number of β-lactam (4-membered cyclic amide) rings is 1. The standard InChI is InChI=1S/C16H12N2O5S/c19-11-7-12-18(11)13(16(22)23)10(24-12)5-6-17-14(20)8-3-1-2-4-9(8)15(17)21/h1-4,12H,5-7H2,(H,22,23)/t12-/m0/s1. The zero-order valence-electron chi connectivity index (χ0n) is 12.4. The molecule has 1 atom stereocenters. The van der Waals surface area contributed by atoms with Crippen LogP contribution in [0.1, 0.15) is 33.6 Å². The molecule has 0 aromatic heterocycles. The molecule has 122 valence electrons. The van der Waals surface area contributed by atoms with Crippen molar-refractivity contribution in [2.75, 3.05) is 6.54 Å². The van der Waals surface area contributed by atoms with Crippen molar-refractivity contribution in [3.05, 3.63) is 46.0 Å². The van der Waals surface area contributed by atoms with E-state index in [0.717, 1.165) is 4.90 Å². The van der Waals surface area contributed by atoms with Crippen LogP contribution in [0.25, 0.3) is 0 Å². The van der Waals surface area contributed by atoms with Gasteiger partial charge in [0.2, 0.25) is 5.91 Å². The summed E-state index contributed by atoms with van der Waals surface area (Å²) in [7, 11) is 0. The fraction of sp³-hybridized carbons (Fsp3) is 0.250. The Kier molecular flexibility index (Phi) is 3.24. The number of benzene rings is 1. The number of nitrogens with zero attached hydrogens (tertiary/aromatic N) is 2. The molecule has 0 unspecified atom stereocenters. The van der Waals surface area contributed by atoms with Crippen LogP contribution >= 0.6 is 11.8 Å². The summed E-state index contributed by atoms with van der Waals surface area (Å²) in [6, 6.07) is 6.60. The van der Waals surface area contributed by atoms with Gasteiger partial charge in [0.15, 0.2) is 0 Å². The molecule has 3 aliphatic rings. The number of carbonyl (C=O) groups is 4. The topological polar surface area (TPSA) is 95.0 Å². The average molecular weight is 344 g/mol. The summed E-state index contributed by atoms with van der Waals surface area (Å²) in [5, 5.41) is 9.18. The number of rotatable bonds is 4. The van der Waals surface area contributed by atoms with Crippen molar-refractivity contribution in [2.45, 2.75) is 18.2 Å². The van der Waals surface area contributed by atoms with Crippen molar-refractivity contribution >= 4 is 35.5 Å². The van der Waals surface area contributed by atoms with Crippen molar-refractivity contribution in [1.29, 1.82) is 0 Å². The molecule has 8 heteroatoms. The highest BCUT2D eigenvalue weighted by Gasteiger charge is 2.48. The Labute approximate surface area is 140 Å². The number of imide groups is 1. The molecule has 3 heterocycles. The maximum atomic E-state index is 12.3. The number of hydrogen-bond acceptors (Lipinski definition) is 5. The van der Waals surface area contributed by atoms with Crippen molar-refractivity contribution in [3.8, 4) is 0 Å². The molecule has 1 saturated heterocycles. The zero-order chi connectivity index (χ0) is 17.0. The molecule has 1 aromatic rings. The molecule has 0 spiro atoms. The van der Waals surface area contributed by atoms with Crippen LogP contribution in [0.5, 0.6) is 0 Å². The average Bonchev–Trinajstić information content (AvgIpc) is 2.98. The monoisotopic (exact) mass is 344 g/mol. The Bertz CT molecular complexity index is 812. The molecule has 7 nitrogen and oxygen atoms in total. The maximum Gasteiger partial charge on any atom is 0.353 e. The van der Waals surface area contributed by atoms with E-state index in [0.29, 0.717) is 22.5 Å². The SMILES string of the molecule is O=C(O)C1=C(CCN2C(=O)c3ccccc3C2=O)S[C@H]2CC(=O)N12. The summed E-state index contributed by atoms with van der Waals surface area (Å²) in [6.07, 6.45) is 0.552. The lowest BCUT2D eigenvalue weighted by molar-refractivity contribution is -0.145. The Hall–Kier alpha value is -2.61. The molecule has 0 radical (unpaired) electrons. The molecule has 0 aliphatic carbocycles. The van der Waals surface area contributed by atoms with Gasteiger partial charge in [-0.1, -0.05) is 12.1 Å². The van der Waals surface area contributed by atoms with Gasteiger partial charge in [0.05, 0.1) is 22.9 Å². The van der Waals surface area contributed by atoms with Crippen LogP contribution in [0.3, 0.4) is 0 Å². The van der Waals surface area contributed by atoms with Crippen LogP contribution in [0.15, 0.2) is 34.9 Å². The van der Waals surface area contributed by atoms with Crippen molar-refractivity contribution < 1.29 is 24.3 Å². The van der Waals surface area contributed by atoms with Crippen LogP contribution < -0.4 is 0 Å². The lowest BCUT2D eigenvalue weighted by atomic mass is 10.1. The van der Waals surface area contributed by atoms with Gasteiger partial charge in [-0.05, 0) is 18.6 Å². The number of carbonyl (C=O) groups excluding carboxylic acids is 3. The number of carboxylic acids is 1. The van der Waals surface area contributed by atoms with Gasteiger partial charge in [-0.25, -0.2) is 4.79 Å². The van der Waals surface area contributed by atoms with E-state index in [9.17, 15) is 24.3 Å². The third kappa shape index (κ3) is 1.99. The van der Waals surface area contributed by atoms with E-state index in [4.69, 9.17) is 0 Å². The maximum absolute atomic E-state index is 12.3. The van der Waals surface area contributed by atoms with Gasteiger partial charge < -0.3 is 5.11 Å². The van der Waals surface area contributed by atoms with E-state index in [1.165, 1.54) is 16.7 Å². The molecule has 0 bridgehead atoms. The van der Waals surface area contributed by atoms with E-state index in [-0.39, 0.29) is 41.8 Å². The third-order valence-electron chi connectivity index (χ3n) is 4.33. The quantitative estimate of drug-likeness (QED) is 0.653. The van der Waals surface area contributed by atoms with Crippen LogP contribution in [0.2, 0.25) is 0 Å². The minimum atomic E-state index is -1.16. The third-order valence-corrected chi connectivity index (χ3v) is 5.66. The summed E-state index contributed by atoms with van der Waals surface area (Å²) in [4.78, 5) is 50.6. The first-order valence-corrected chi connectivity index (χ1v) is 8.27. The van der Waals surface area contributed by atoms with Gasteiger partial charge in [-0.2, -0.15) is 0 Å². The fourth-order valence-electron chi connectivity index (χ4n) is 3.16. The van der Waals surface area contributed by atoms with Gasteiger partial charge in [0, 0.05) is 11.4 Å². The number of amides is 3. The van der Waals surface area contributed by atoms with E-state index in [1.54, 1.807) is 24.3 Å². The first kappa shape index (κ1) is 14.9. The Morgan fingerprint density at radius 2 is 1.79 bits per heavy atom. The second-order valence-electron chi connectivity index (χ2n) is 5.67. The zero-order valence-corrected chi connectivity index (χ0v) is 13.2. The largest absolute Gasteiger partial charge is 0.477 e. The van der Waals surface area contributed by atoms with E-state index >= 15 is 0 Å². The molecular formula is C16H12N2O5S. The van der Waals surface area contributed by atoms with Crippen molar-refractivity contribution in [2.24, 2.45) is 0 Å². The lowest BCUT2D eigenvalue weighted by Crippen LogP contribution is -2.48. The second-order valence-corrected chi connectivity index (χ2v) is 6.95. The molecule has 0 saturated carbocycles. The molecular weight excluding hydrogens is 332 g/mol. The fourth-order valence-corrected chi connectivity index (χ4v) is 4.55. The van der Waals surface area contributed by atoms with Gasteiger partial charge >= 0.3 is 5.97 Å². The van der Waals surface area contributed by atoms with Gasteiger partial charge in [-0.3, -0.25) is 24.2 Å². The van der Waals surface area contributed by atoms with Crippen molar-refractivity contribution in [3.63, 3.8) is 0 Å². The predicted molar refractivity (Wildman–Crippen MR) is 83.9 cm³/mol. The van der Waals surface area contributed by atoms with E-state index < -0.39 is 5.97 Å². The number of hydrogen-bond donors (Lipinski definition) is 1. The molecule has 4 rings (SSSR count). The number of thioether (sulfide) groups is 1. The molecule has 1 aromatic carbocycles. The minimum absolute atomic E-state index is 0.0159. The lowest BCUT2D eigenvalue weighted by Gasteiger charge is -2.33. The normalized spacial score (nSPS) is 22.0. The summed E-state index contributed by atoms with van der Waals surface area (Å²) < 4.78 is 0. The Balaban J connectivity index is 1.55. The molecule has 3 amide bonds. The van der Waals surface area contributed by atoms with E-state index in [1.807, 2.05) is 0 Å². The molecule has 1 fully saturated rings. The Morgan fingerprint density at radius 1 is 1.17 bits per heavy atom. The number of fused-ring (bicyclic) bond motifs is 2. The Morgan fingerprint density at radius 3 is 2.33 bits per heavy atom. The highest BCUT2D eigenvalue weighted by molar-refractivity contribution is 8.04. The summed E-state index contributed by atoms with van der Waals surface area (Å²) in [6.45, 7) is 0.0974. The smallest absolute Gasteiger partial charge is 0.353 e.